The molecule has 0 aromatic heterocycles. The van der Waals surface area contributed by atoms with Gasteiger partial charge in [0.15, 0.2) is 5.60 Å². The van der Waals surface area contributed by atoms with Gasteiger partial charge in [-0.15, -0.1) is 13.1 Å². The van der Waals surface area contributed by atoms with E-state index < -0.39 is 43.2 Å². The van der Waals surface area contributed by atoms with Crippen LogP contribution in [0.15, 0.2) is 0 Å². The molecule has 0 bridgehead atoms. The molecule has 2 aliphatic heterocycles. The van der Waals surface area contributed by atoms with Crippen molar-refractivity contribution in [3.63, 3.8) is 0 Å². The fourth-order valence-electron chi connectivity index (χ4n) is 3.32. The first kappa shape index (κ1) is 23.6. The van der Waals surface area contributed by atoms with Crippen molar-refractivity contribution in [1.82, 2.24) is 0 Å². The molecule has 0 aliphatic carbocycles. The second-order valence-corrected chi connectivity index (χ2v) is 6.71. The minimum Gasteiger partial charge on any atom is -0.660 e. The summed E-state index contributed by atoms with van der Waals surface area (Å²) in [5.41, 5.74) is 3.34. The molecular weight excluding hydrogens is 398 g/mol. The first-order valence-electron chi connectivity index (χ1n) is 8.32. The largest absolute Gasteiger partial charge is 0.660 e. The van der Waals surface area contributed by atoms with Gasteiger partial charge in [-0.25, -0.2) is 0 Å². The molecule has 0 aromatic rings. The Morgan fingerprint density at radius 1 is 1.52 bits per heavy atom. The number of nitrogens with two attached hydrogens (primary N) is 1. The minimum absolute atomic E-state index is 0. The normalized spacial score (nSPS) is 29.8. The quantitative estimate of drug-likeness (QED) is 0.351. The summed E-state index contributed by atoms with van der Waals surface area (Å²) >= 11 is 0. The van der Waals surface area contributed by atoms with Gasteiger partial charge in [-0.05, 0) is 19.2 Å². The van der Waals surface area contributed by atoms with Gasteiger partial charge in [0.05, 0.1) is 12.0 Å². The monoisotopic (exact) mass is 420 g/mol. The fraction of sp³-hybridized carbons (Fsp3) is 0.733. The summed E-state index contributed by atoms with van der Waals surface area (Å²) in [5, 5.41) is 13.2. The molecule has 3 unspecified atom stereocenters. The maximum atomic E-state index is 12.1. The predicted octanol–water partition coefficient (Wildman–Crippen LogP) is -0.498. The van der Waals surface area contributed by atoms with Crippen molar-refractivity contribution >= 4 is 31.3 Å². The third-order valence-electron chi connectivity index (χ3n) is 4.89. The molecule has 2 fully saturated rings. The number of ketones is 1. The van der Waals surface area contributed by atoms with Crippen LogP contribution in [0.3, 0.4) is 0 Å². The summed E-state index contributed by atoms with van der Waals surface area (Å²) in [5.74, 6) is -2.36. The van der Waals surface area contributed by atoms with Crippen LogP contribution in [-0.2, 0) is 51.8 Å². The molecule has 2 rings (SSSR count). The number of rotatable bonds is 10. The first-order chi connectivity index (χ1) is 12.2. The number of carboxylic acids is 1. The maximum absolute atomic E-state index is 12.1. The zero-order chi connectivity index (χ0) is 19.4. The average molecular weight is 420 g/mol. The average Bonchev–Trinajstić information content (AvgIpc) is 3.07. The number of hydrogen-bond donors (Lipinski definition) is 2. The Bertz CT molecular complexity index is 594. The van der Waals surface area contributed by atoms with Gasteiger partial charge >= 0.3 is 19.1 Å². The molecule has 27 heavy (non-hydrogen) atoms. The summed E-state index contributed by atoms with van der Waals surface area (Å²) in [7, 11) is -0.944. The van der Waals surface area contributed by atoms with Crippen LogP contribution < -0.4 is 5.73 Å². The molecule has 3 atom stereocenters. The van der Waals surface area contributed by atoms with Gasteiger partial charge in [0.25, 0.3) is 6.47 Å². The number of Topliss-reactive ketones (excluding diaryl/α,β-unsaturated/α-hetero) is 1. The fourth-order valence-corrected chi connectivity index (χ4v) is 3.32. The van der Waals surface area contributed by atoms with E-state index in [1.54, 1.807) is 0 Å². The van der Waals surface area contributed by atoms with E-state index in [1.165, 1.54) is 6.92 Å². The van der Waals surface area contributed by atoms with Crippen molar-refractivity contribution < 1.29 is 56.9 Å². The Balaban J connectivity index is 0.00000364. The van der Waals surface area contributed by atoms with E-state index in [4.69, 9.17) is 20.1 Å². The van der Waals surface area contributed by atoms with Crippen LogP contribution in [0.25, 0.3) is 5.32 Å². The van der Waals surface area contributed by atoms with Gasteiger partial charge < -0.3 is 30.2 Å². The standard InChI is InChI=1S/C15H22BN2O8.V/c1-10(20)15(17)7-18-6-11(15)3-2-4-16-25-13(23)14(26-16,5-12(21)22)8-24-9-19;/h9,11H,2-8,17H2,1H3,(H,21,22);/q-1;. The van der Waals surface area contributed by atoms with E-state index in [0.29, 0.717) is 32.3 Å². The van der Waals surface area contributed by atoms with Crippen LogP contribution >= 0.6 is 0 Å². The van der Waals surface area contributed by atoms with Crippen molar-refractivity contribution in [2.24, 2.45) is 11.7 Å². The van der Waals surface area contributed by atoms with Crippen LogP contribution in [0.4, 0.5) is 0 Å². The summed E-state index contributed by atoms with van der Waals surface area (Å²) in [6.07, 6.45) is 0.766. The molecule has 0 saturated carbocycles. The molecule has 2 saturated heterocycles. The minimum atomic E-state index is -1.84. The van der Waals surface area contributed by atoms with E-state index in [-0.39, 0.29) is 36.7 Å². The Morgan fingerprint density at radius 3 is 2.81 bits per heavy atom. The number of aliphatic carboxylic acids is 1. The summed E-state index contributed by atoms with van der Waals surface area (Å²) in [6, 6.07) is 0. The summed E-state index contributed by atoms with van der Waals surface area (Å²) in [6.45, 7) is 1.82. The zero-order valence-corrected chi connectivity index (χ0v) is 16.4. The molecule has 0 aromatic carbocycles. The Morgan fingerprint density at radius 2 is 2.22 bits per heavy atom. The van der Waals surface area contributed by atoms with E-state index >= 15 is 0 Å². The van der Waals surface area contributed by atoms with Gasteiger partial charge in [0, 0.05) is 18.6 Å². The molecule has 3 N–H and O–H groups in total. The summed E-state index contributed by atoms with van der Waals surface area (Å²) in [4.78, 5) is 45.2. The molecule has 0 spiro atoms. The van der Waals surface area contributed by atoms with Crippen molar-refractivity contribution in [1.29, 1.82) is 0 Å². The van der Waals surface area contributed by atoms with Crippen LogP contribution in [0, 0.1) is 5.92 Å². The Labute approximate surface area is 168 Å². The van der Waals surface area contributed by atoms with Crippen LogP contribution in [0.5, 0.6) is 0 Å². The topological polar surface area (TPSA) is 156 Å². The Kier molecular flexibility index (Phi) is 8.49. The number of carbonyl (C=O) groups is 4. The van der Waals surface area contributed by atoms with Gasteiger partial charge in [-0.1, -0.05) is 12.8 Å². The first-order valence-corrected chi connectivity index (χ1v) is 8.32. The van der Waals surface area contributed by atoms with E-state index in [2.05, 4.69) is 10.1 Å². The van der Waals surface area contributed by atoms with Gasteiger partial charge in [0.1, 0.15) is 12.4 Å². The van der Waals surface area contributed by atoms with Gasteiger partial charge in [-0.3, -0.25) is 19.2 Å². The number of ether oxygens (including phenoxy) is 1. The van der Waals surface area contributed by atoms with Crippen molar-refractivity contribution in [2.75, 3.05) is 19.7 Å². The number of carbonyl (C=O) groups excluding carboxylic acids is 3. The predicted molar refractivity (Wildman–Crippen MR) is 88.2 cm³/mol. The molecule has 149 valence electrons. The Hall–Kier alpha value is -1.39. The van der Waals surface area contributed by atoms with Gasteiger partial charge in [-0.2, -0.15) is 0 Å². The number of hydrogen-bond acceptors (Lipinski definition) is 8. The smallest absolute Gasteiger partial charge is 0.528 e. The van der Waals surface area contributed by atoms with Crippen LogP contribution in [0.2, 0.25) is 6.32 Å². The maximum Gasteiger partial charge on any atom is 0.528 e. The SMILES string of the molecule is CC(=O)C1(N)C[N-]CC1CCCB1OC(=O)C(COC=O)(CC(=O)O)O1.[V]. The third kappa shape index (κ3) is 5.32. The van der Waals surface area contributed by atoms with Crippen molar-refractivity contribution in [3.05, 3.63) is 5.32 Å². The third-order valence-corrected chi connectivity index (χ3v) is 4.89. The van der Waals surface area contributed by atoms with Crippen LogP contribution in [0.1, 0.15) is 26.2 Å². The molecule has 1 radical (unpaired) electrons. The summed E-state index contributed by atoms with van der Waals surface area (Å²) < 4.78 is 15.1. The molecule has 10 nitrogen and oxygen atoms in total. The van der Waals surface area contributed by atoms with E-state index in [1.807, 2.05) is 0 Å². The number of nitrogens with zero attached hydrogens (tertiary/aromatic N) is 1. The van der Waals surface area contributed by atoms with Crippen molar-refractivity contribution in [3.8, 4) is 0 Å². The van der Waals surface area contributed by atoms with Crippen molar-refractivity contribution in [2.45, 2.75) is 43.6 Å². The second-order valence-electron chi connectivity index (χ2n) is 6.71. The molecule has 12 heteroatoms. The molecule has 2 heterocycles. The van der Waals surface area contributed by atoms with Gasteiger partial charge in [0.2, 0.25) is 0 Å². The molecular formula is C15H22BN2O8V-. The zero-order valence-electron chi connectivity index (χ0n) is 15.0. The van der Waals surface area contributed by atoms with Crippen LogP contribution in [-0.4, -0.2) is 67.3 Å². The molecule has 0 amide bonds. The second kappa shape index (κ2) is 9.70. The van der Waals surface area contributed by atoms with E-state index in [9.17, 15) is 19.2 Å². The molecule has 2 aliphatic rings. The number of carboxylic acid groups (broad SMARTS) is 1. The van der Waals surface area contributed by atoms with E-state index in [0.717, 1.165) is 0 Å².